The molecule has 1 heterocycles. The Kier molecular flexibility index (Phi) is 5.89. The highest BCUT2D eigenvalue weighted by molar-refractivity contribution is 7.98. The SMILES string of the molecule is CCC(N)C(SCc1ccccc1Cl)c1ccccn1. The highest BCUT2D eigenvalue weighted by Crippen LogP contribution is 2.35. The third-order valence-corrected chi connectivity index (χ3v) is 5.01. The summed E-state index contributed by atoms with van der Waals surface area (Å²) in [5, 5.41) is 1.00. The minimum absolute atomic E-state index is 0.0948. The van der Waals surface area contributed by atoms with E-state index in [-0.39, 0.29) is 11.3 Å². The van der Waals surface area contributed by atoms with Gasteiger partial charge in [-0.05, 0) is 30.2 Å². The molecule has 0 amide bonds. The number of hydrogen-bond donors (Lipinski definition) is 1. The van der Waals surface area contributed by atoms with E-state index in [0.29, 0.717) is 0 Å². The molecule has 106 valence electrons. The molecule has 0 bridgehead atoms. The van der Waals surface area contributed by atoms with Crippen molar-refractivity contribution < 1.29 is 0 Å². The average molecular weight is 307 g/mol. The van der Waals surface area contributed by atoms with Crippen LogP contribution in [0.1, 0.15) is 29.9 Å². The number of hydrogen-bond acceptors (Lipinski definition) is 3. The third-order valence-electron chi connectivity index (χ3n) is 3.22. The van der Waals surface area contributed by atoms with Crippen LogP contribution in [-0.4, -0.2) is 11.0 Å². The molecule has 2 N–H and O–H groups in total. The molecular formula is C16H19ClN2S. The number of nitrogens with two attached hydrogens (primary N) is 1. The molecule has 20 heavy (non-hydrogen) atoms. The van der Waals surface area contributed by atoms with E-state index < -0.39 is 0 Å². The summed E-state index contributed by atoms with van der Waals surface area (Å²) in [7, 11) is 0. The lowest BCUT2D eigenvalue weighted by Gasteiger charge is -2.22. The Hall–Kier alpha value is -1.03. The van der Waals surface area contributed by atoms with E-state index in [1.807, 2.05) is 42.6 Å². The van der Waals surface area contributed by atoms with Crippen molar-refractivity contribution in [1.29, 1.82) is 0 Å². The number of pyridine rings is 1. The van der Waals surface area contributed by atoms with Crippen LogP contribution in [0.4, 0.5) is 0 Å². The third kappa shape index (κ3) is 3.98. The van der Waals surface area contributed by atoms with Gasteiger partial charge in [0, 0.05) is 23.0 Å². The Morgan fingerprint density at radius 2 is 1.95 bits per heavy atom. The first kappa shape index (κ1) is 15.4. The van der Waals surface area contributed by atoms with Gasteiger partial charge in [-0.15, -0.1) is 11.8 Å². The van der Waals surface area contributed by atoms with E-state index in [2.05, 4.69) is 18.0 Å². The van der Waals surface area contributed by atoms with Gasteiger partial charge in [0.15, 0.2) is 0 Å². The molecular weight excluding hydrogens is 288 g/mol. The summed E-state index contributed by atoms with van der Waals surface area (Å²) in [6.45, 7) is 2.11. The summed E-state index contributed by atoms with van der Waals surface area (Å²) >= 11 is 8.01. The zero-order valence-corrected chi connectivity index (χ0v) is 13.1. The molecule has 1 aromatic carbocycles. The van der Waals surface area contributed by atoms with E-state index in [4.69, 9.17) is 17.3 Å². The molecule has 0 radical (unpaired) electrons. The molecule has 0 spiro atoms. The number of halogens is 1. The van der Waals surface area contributed by atoms with Crippen molar-refractivity contribution in [3.8, 4) is 0 Å². The number of nitrogens with zero attached hydrogens (tertiary/aromatic N) is 1. The molecule has 0 saturated heterocycles. The van der Waals surface area contributed by atoms with Crippen molar-refractivity contribution in [1.82, 2.24) is 4.98 Å². The predicted octanol–water partition coefficient (Wildman–Crippen LogP) is 4.45. The van der Waals surface area contributed by atoms with Gasteiger partial charge in [-0.25, -0.2) is 0 Å². The summed E-state index contributed by atoms with van der Waals surface area (Å²) in [6.07, 6.45) is 2.75. The van der Waals surface area contributed by atoms with Gasteiger partial charge in [0.2, 0.25) is 0 Å². The number of aromatic nitrogens is 1. The lowest BCUT2D eigenvalue weighted by Crippen LogP contribution is -2.26. The first-order chi connectivity index (χ1) is 9.72. The molecule has 2 aromatic rings. The lowest BCUT2D eigenvalue weighted by atomic mass is 10.1. The topological polar surface area (TPSA) is 38.9 Å². The van der Waals surface area contributed by atoms with Gasteiger partial charge in [-0.2, -0.15) is 0 Å². The Morgan fingerprint density at radius 1 is 1.20 bits per heavy atom. The van der Waals surface area contributed by atoms with Crippen LogP contribution in [0.15, 0.2) is 48.7 Å². The smallest absolute Gasteiger partial charge is 0.0624 e. The van der Waals surface area contributed by atoms with E-state index in [9.17, 15) is 0 Å². The monoisotopic (exact) mass is 306 g/mol. The van der Waals surface area contributed by atoms with Gasteiger partial charge in [-0.1, -0.05) is 42.8 Å². The van der Waals surface area contributed by atoms with Gasteiger partial charge in [0.1, 0.15) is 0 Å². The van der Waals surface area contributed by atoms with Crippen LogP contribution in [0.3, 0.4) is 0 Å². The van der Waals surface area contributed by atoms with Gasteiger partial charge in [0.25, 0.3) is 0 Å². The fraction of sp³-hybridized carbons (Fsp3) is 0.312. The van der Waals surface area contributed by atoms with E-state index in [0.717, 1.165) is 28.5 Å². The Balaban J connectivity index is 2.11. The van der Waals surface area contributed by atoms with Crippen LogP contribution >= 0.6 is 23.4 Å². The van der Waals surface area contributed by atoms with Crippen molar-refractivity contribution in [3.63, 3.8) is 0 Å². The molecule has 4 heteroatoms. The van der Waals surface area contributed by atoms with Crippen molar-refractivity contribution >= 4 is 23.4 Å². The normalized spacial score (nSPS) is 13.9. The summed E-state index contributed by atoms with van der Waals surface area (Å²) in [4.78, 5) is 4.45. The maximum absolute atomic E-state index is 6.26. The molecule has 1 aromatic heterocycles. The minimum Gasteiger partial charge on any atom is -0.326 e. The average Bonchev–Trinajstić information content (AvgIpc) is 2.50. The molecule has 0 fully saturated rings. The second-order valence-corrected chi connectivity index (χ2v) is 6.19. The Labute approximate surface area is 129 Å². The zero-order valence-electron chi connectivity index (χ0n) is 11.5. The van der Waals surface area contributed by atoms with E-state index in [1.165, 1.54) is 0 Å². The standard InChI is InChI=1S/C16H19ClN2S/c1-2-14(18)16(15-9-5-6-10-19-15)20-11-12-7-3-4-8-13(12)17/h3-10,14,16H,2,11,18H2,1H3. The fourth-order valence-corrected chi connectivity index (χ4v) is 3.62. The van der Waals surface area contributed by atoms with Gasteiger partial charge in [-0.3, -0.25) is 4.98 Å². The first-order valence-electron chi connectivity index (χ1n) is 6.74. The molecule has 0 saturated carbocycles. The molecule has 0 aliphatic rings. The summed E-state index contributed by atoms with van der Waals surface area (Å²) in [5.41, 5.74) is 8.44. The molecule has 0 aliphatic heterocycles. The number of benzene rings is 1. The second-order valence-electron chi connectivity index (χ2n) is 4.65. The van der Waals surface area contributed by atoms with Gasteiger partial charge >= 0.3 is 0 Å². The Bertz CT molecular complexity index is 533. The van der Waals surface area contributed by atoms with Crippen molar-refractivity contribution in [2.45, 2.75) is 30.4 Å². The molecule has 2 unspecified atom stereocenters. The van der Waals surface area contributed by atoms with Crippen molar-refractivity contribution in [2.75, 3.05) is 0 Å². The van der Waals surface area contributed by atoms with Crippen molar-refractivity contribution in [2.24, 2.45) is 5.73 Å². The maximum Gasteiger partial charge on any atom is 0.0624 e. The predicted molar refractivity (Wildman–Crippen MR) is 88.0 cm³/mol. The summed E-state index contributed by atoms with van der Waals surface area (Å²) < 4.78 is 0. The first-order valence-corrected chi connectivity index (χ1v) is 8.16. The molecule has 2 atom stereocenters. The molecule has 2 rings (SSSR count). The quantitative estimate of drug-likeness (QED) is 0.857. The zero-order chi connectivity index (χ0) is 14.4. The molecule has 2 nitrogen and oxygen atoms in total. The van der Waals surface area contributed by atoms with Crippen LogP contribution in [0.5, 0.6) is 0 Å². The van der Waals surface area contributed by atoms with Crippen LogP contribution < -0.4 is 5.73 Å². The van der Waals surface area contributed by atoms with Crippen LogP contribution in [0, 0.1) is 0 Å². The maximum atomic E-state index is 6.26. The largest absolute Gasteiger partial charge is 0.326 e. The van der Waals surface area contributed by atoms with Crippen LogP contribution in [0.25, 0.3) is 0 Å². The summed E-state index contributed by atoms with van der Waals surface area (Å²) in [5.74, 6) is 0.842. The van der Waals surface area contributed by atoms with E-state index >= 15 is 0 Å². The van der Waals surface area contributed by atoms with Crippen LogP contribution in [0.2, 0.25) is 5.02 Å². The van der Waals surface area contributed by atoms with Crippen molar-refractivity contribution in [3.05, 3.63) is 64.9 Å². The van der Waals surface area contributed by atoms with Gasteiger partial charge < -0.3 is 5.73 Å². The lowest BCUT2D eigenvalue weighted by molar-refractivity contribution is 0.624. The highest BCUT2D eigenvalue weighted by atomic mass is 35.5. The summed E-state index contributed by atoms with van der Waals surface area (Å²) in [6, 6.07) is 14.0. The number of thioether (sulfide) groups is 1. The number of rotatable bonds is 6. The fourth-order valence-electron chi connectivity index (χ4n) is 1.98. The highest BCUT2D eigenvalue weighted by Gasteiger charge is 2.20. The minimum atomic E-state index is 0.0948. The second kappa shape index (κ2) is 7.67. The van der Waals surface area contributed by atoms with Gasteiger partial charge in [0.05, 0.1) is 10.9 Å². The molecule has 0 aliphatic carbocycles. The van der Waals surface area contributed by atoms with Crippen LogP contribution in [-0.2, 0) is 5.75 Å². The van der Waals surface area contributed by atoms with E-state index in [1.54, 1.807) is 11.8 Å². The Morgan fingerprint density at radius 3 is 2.60 bits per heavy atom.